The van der Waals surface area contributed by atoms with Crippen LogP contribution >= 0.6 is 23.3 Å². The lowest BCUT2D eigenvalue weighted by atomic mass is 10.2. The van der Waals surface area contributed by atoms with Crippen LogP contribution in [0.1, 0.15) is 29.9 Å². The Labute approximate surface area is 161 Å². The molecule has 0 radical (unpaired) electrons. The van der Waals surface area contributed by atoms with Crippen LogP contribution in [0.15, 0.2) is 23.6 Å². The smallest absolute Gasteiger partial charge is 0.323 e. The molecule has 1 N–H and O–H groups in total. The van der Waals surface area contributed by atoms with Gasteiger partial charge >= 0.3 is 5.97 Å². The zero-order valence-corrected chi connectivity index (χ0v) is 16.7. The summed E-state index contributed by atoms with van der Waals surface area (Å²) in [6, 6.07) is 6.02. The summed E-state index contributed by atoms with van der Waals surface area (Å²) in [6.07, 6.45) is 3.73. The molecule has 0 aliphatic rings. The van der Waals surface area contributed by atoms with Gasteiger partial charge in [-0.3, -0.25) is 4.79 Å². The fourth-order valence-electron chi connectivity index (χ4n) is 2.94. The van der Waals surface area contributed by atoms with E-state index < -0.39 is 5.97 Å². The maximum Gasteiger partial charge on any atom is 0.323 e. The SMILES string of the molecule is CCCc1nc2cc(N(Cc3csc(C)n3)SC)ccc2n1CC(=O)O. The maximum atomic E-state index is 11.2. The number of imidazole rings is 1. The van der Waals surface area contributed by atoms with Crippen LogP contribution in [0.2, 0.25) is 0 Å². The van der Waals surface area contributed by atoms with Gasteiger partial charge in [-0.15, -0.1) is 11.3 Å². The van der Waals surface area contributed by atoms with Crippen LogP contribution in [0, 0.1) is 6.92 Å². The van der Waals surface area contributed by atoms with E-state index in [1.54, 1.807) is 27.9 Å². The van der Waals surface area contributed by atoms with Gasteiger partial charge in [0.05, 0.1) is 28.3 Å². The number of aryl methyl sites for hydroxylation is 2. The van der Waals surface area contributed by atoms with Crippen molar-refractivity contribution in [3.63, 3.8) is 0 Å². The van der Waals surface area contributed by atoms with E-state index in [4.69, 9.17) is 4.98 Å². The molecule has 0 unspecified atom stereocenters. The zero-order chi connectivity index (χ0) is 18.7. The van der Waals surface area contributed by atoms with Crippen LogP contribution in [0.4, 0.5) is 5.69 Å². The molecule has 0 fully saturated rings. The molecule has 0 bridgehead atoms. The minimum absolute atomic E-state index is 0.0600. The Morgan fingerprint density at radius 2 is 2.19 bits per heavy atom. The number of fused-ring (bicyclic) bond motifs is 1. The number of benzene rings is 1. The summed E-state index contributed by atoms with van der Waals surface area (Å²) in [6.45, 7) is 4.74. The summed E-state index contributed by atoms with van der Waals surface area (Å²) < 4.78 is 3.97. The van der Waals surface area contributed by atoms with Gasteiger partial charge in [-0.05, 0) is 31.5 Å². The number of hydrogen-bond acceptors (Lipinski definition) is 6. The Morgan fingerprint density at radius 1 is 1.38 bits per heavy atom. The monoisotopic (exact) mass is 390 g/mol. The summed E-state index contributed by atoms with van der Waals surface area (Å²) in [4.78, 5) is 20.5. The van der Waals surface area contributed by atoms with E-state index in [9.17, 15) is 9.90 Å². The molecule has 3 aromatic rings. The number of aliphatic carboxylic acids is 1. The molecule has 6 nitrogen and oxygen atoms in total. The van der Waals surface area contributed by atoms with Crippen molar-refractivity contribution in [1.29, 1.82) is 0 Å². The van der Waals surface area contributed by atoms with Gasteiger partial charge in [-0.25, -0.2) is 9.97 Å². The summed E-state index contributed by atoms with van der Waals surface area (Å²) in [5, 5.41) is 12.4. The van der Waals surface area contributed by atoms with E-state index in [2.05, 4.69) is 21.6 Å². The number of rotatable bonds is 8. The highest BCUT2D eigenvalue weighted by molar-refractivity contribution is 7.99. The average Bonchev–Trinajstić information content (AvgIpc) is 3.16. The first-order valence-corrected chi connectivity index (χ1v) is 10.5. The van der Waals surface area contributed by atoms with E-state index in [0.717, 1.165) is 46.1 Å². The fraction of sp³-hybridized carbons (Fsp3) is 0.389. The predicted molar refractivity (Wildman–Crippen MR) is 108 cm³/mol. The Hall–Kier alpha value is -2.06. The Bertz CT molecular complexity index is 919. The van der Waals surface area contributed by atoms with Crippen molar-refractivity contribution in [3.05, 3.63) is 40.1 Å². The van der Waals surface area contributed by atoms with Crippen molar-refractivity contribution in [2.45, 2.75) is 39.8 Å². The molecule has 26 heavy (non-hydrogen) atoms. The third kappa shape index (κ3) is 4.02. The highest BCUT2D eigenvalue weighted by atomic mass is 32.2. The second-order valence-corrected chi connectivity index (χ2v) is 7.88. The molecule has 8 heteroatoms. The van der Waals surface area contributed by atoms with E-state index in [-0.39, 0.29) is 6.54 Å². The summed E-state index contributed by atoms with van der Waals surface area (Å²) >= 11 is 3.29. The predicted octanol–water partition coefficient (Wildman–Crippen LogP) is 4.12. The lowest BCUT2D eigenvalue weighted by Gasteiger charge is -2.20. The van der Waals surface area contributed by atoms with Gasteiger partial charge in [-0.2, -0.15) is 0 Å². The summed E-state index contributed by atoms with van der Waals surface area (Å²) in [5.74, 6) is -0.0248. The van der Waals surface area contributed by atoms with Crippen molar-refractivity contribution in [2.75, 3.05) is 10.6 Å². The average molecular weight is 391 g/mol. The van der Waals surface area contributed by atoms with Gasteiger partial charge in [0, 0.05) is 23.7 Å². The Kier molecular flexibility index (Phi) is 5.83. The standard InChI is InChI=1S/C18H22N4O2S2/c1-4-5-17-20-15-8-14(6-7-16(15)21(17)10-18(23)24)22(25-3)9-13-11-26-12(2)19-13/h6-8,11H,4-5,9-10H2,1-3H3,(H,23,24). The van der Waals surface area contributed by atoms with Gasteiger partial charge in [0.15, 0.2) is 0 Å². The highest BCUT2D eigenvalue weighted by Crippen LogP contribution is 2.28. The van der Waals surface area contributed by atoms with Crippen molar-refractivity contribution >= 4 is 46.0 Å². The van der Waals surface area contributed by atoms with E-state index >= 15 is 0 Å². The van der Waals surface area contributed by atoms with Crippen LogP contribution in [-0.4, -0.2) is 31.9 Å². The minimum Gasteiger partial charge on any atom is -0.480 e. The summed E-state index contributed by atoms with van der Waals surface area (Å²) in [5.41, 5.74) is 3.79. The topological polar surface area (TPSA) is 71.2 Å². The van der Waals surface area contributed by atoms with Crippen LogP contribution in [0.25, 0.3) is 11.0 Å². The van der Waals surface area contributed by atoms with E-state index in [0.29, 0.717) is 6.54 Å². The first-order valence-electron chi connectivity index (χ1n) is 8.45. The zero-order valence-electron chi connectivity index (χ0n) is 15.1. The fourth-order valence-corrected chi connectivity index (χ4v) is 4.13. The first kappa shape index (κ1) is 18.7. The van der Waals surface area contributed by atoms with Crippen molar-refractivity contribution < 1.29 is 9.90 Å². The molecule has 1 aromatic carbocycles. The number of carboxylic acids is 1. The number of thiazole rings is 1. The molecule has 2 aromatic heterocycles. The van der Waals surface area contributed by atoms with Gasteiger partial charge in [-0.1, -0.05) is 18.9 Å². The quantitative estimate of drug-likeness (QED) is 0.583. The normalized spacial score (nSPS) is 11.2. The molecule has 0 aliphatic heterocycles. The van der Waals surface area contributed by atoms with Crippen LogP contribution in [0.3, 0.4) is 0 Å². The molecule has 0 amide bonds. The molecule has 2 heterocycles. The highest BCUT2D eigenvalue weighted by Gasteiger charge is 2.15. The van der Waals surface area contributed by atoms with Crippen LogP contribution < -0.4 is 4.31 Å². The molecule has 0 saturated heterocycles. The van der Waals surface area contributed by atoms with Crippen molar-refractivity contribution in [1.82, 2.24) is 14.5 Å². The Morgan fingerprint density at radius 3 is 2.81 bits per heavy atom. The lowest BCUT2D eigenvalue weighted by molar-refractivity contribution is -0.137. The number of nitrogens with zero attached hydrogens (tertiary/aromatic N) is 4. The van der Waals surface area contributed by atoms with E-state index in [1.807, 2.05) is 31.4 Å². The molecule has 138 valence electrons. The lowest BCUT2D eigenvalue weighted by Crippen LogP contribution is -2.13. The number of carbonyl (C=O) groups is 1. The molecule has 0 saturated carbocycles. The molecule has 3 rings (SSSR count). The second kappa shape index (κ2) is 8.09. The third-order valence-electron chi connectivity index (χ3n) is 4.06. The van der Waals surface area contributed by atoms with Crippen LogP contribution in [-0.2, 0) is 24.3 Å². The summed E-state index contributed by atoms with van der Waals surface area (Å²) in [7, 11) is 0. The molecule has 0 spiro atoms. The number of hydrogen-bond donors (Lipinski definition) is 1. The molecule has 0 aliphatic carbocycles. The number of anilines is 1. The van der Waals surface area contributed by atoms with Crippen LogP contribution in [0.5, 0.6) is 0 Å². The molecule has 0 atom stereocenters. The van der Waals surface area contributed by atoms with Gasteiger partial charge in [0.1, 0.15) is 12.4 Å². The van der Waals surface area contributed by atoms with Crippen molar-refractivity contribution in [3.8, 4) is 0 Å². The molecular formula is C18H22N4O2S2. The van der Waals surface area contributed by atoms with Gasteiger partial charge < -0.3 is 14.0 Å². The minimum atomic E-state index is -0.852. The first-order chi connectivity index (χ1) is 12.5. The van der Waals surface area contributed by atoms with E-state index in [1.165, 1.54) is 0 Å². The number of carboxylic acid groups (broad SMARTS) is 1. The maximum absolute atomic E-state index is 11.2. The Balaban J connectivity index is 1.95. The largest absolute Gasteiger partial charge is 0.480 e. The van der Waals surface area contributed by atoms with Gasteiger partial charge in [0.25, 0.3) is 0 Å². The van der Waals surface area contributed by atoms with Gasteiger partial charge in [0.2, 0.25) is 0 Å². The number of aromatic nitrogens is 3. The second-order valence-electron chi connectivity index (χ2n) is 6.01. The van der Waals surface area contributed by atoms with Crippen molar-refractivity contribution in [2.24, 2.45) is 0 Å². The third-order valence-corrected chi connectivity index (χ3v) is 5.66. The molecular weight excluding hydrogens is 368 g/mol.